The molecule has 0 saturated heterocycles. The lowest BCUT2D eigenvalue weighted by Gasteiger charge is -2.23. The maximum absolute atomic E-state index is 12.9. The first-order chi connectivity index (χ1) is 11.3. The molecule has 8 heteroatoms. The molecular weight excluding hydrogens is 418 g/mol. The van der Waals surface area contributed by atoms with Crippen LogP contribution in [-0.2, 0) is 14.8 Å². The molecular formula is C16H15BrClNO4S. The van der Waals surface area contributed by atoms with Gasteiger partial charge in [0.25, 0.3) is 10.0 Å². The maximum atomic E-state index is 12.9. The second-order valence-electron chi connectivity index (χ2n) is 4.75. The van der Waals surface area contributed by atoms with Crippen LogP contribution in [0.3, 0.4) is 0 Å². The van der Waals surface area contributed by atoms with E-state index in [-0.39, 0.29) is 4.90 Å². The van der Waals surface area contributed by atoms with E-state index in [1.54, 1.807) is 36.4 Å². The van der Waals surface area contributed by atoms with E-state index >= 15 is 0 Å². The lowest BCUT2D eigenvalue weighted by atomic mass is 10.3. The van der Waals surface area contributed by atoms with Crippen LogP contribution in [0.2, 0.25) is 0 Å². The van der Waals surface area contributed by atoms with Gasteiger partial charge >= 0.3 is 0 Å². The molecule has 0 atom stereocenters. The number of carbonyl (C=O) groups excluding carboxylic acids is 1. The average molecular weight is 433 g/mol. The Hall–Kier alpha value is -1.57. The first-order valence-electron chi connectivity index (χ1n) is 7.04. The zero-order chi connectivity index (χ0) is 17.7. The fraction of sp³-hybridized carbons (Fsp3) is 0.188. The normalized spacial score (nSPS) is 11.1. The average Bonchev–Trinajstić information content (AvgIpc) is 2.54. The number of anilines is 1. The van der Waals surface area contributed by atoms with Crippen molar-refractivity contribution in [3.05, 3.63) is 53.0 Å². The number of sulfonamides is 1. The van der Waals surface area contributed by atoms with Crippen LogP contribution in [-0.4, -0.2) is 26.8 Å². The summed E-state index contributed by atoms with van der Waals surface area (Å²) in [5.74, 6) is 0.611. The molecule has 0 aliphatic heterocycles. The highest BCUT2D eigenvalue weighted by Gasteiger charge is 2.26. The van der Waals surface area contributed by atoms with Gasteiger partial charge in [0.2, 0.25) is 5.24 Å². The lowest BCUT2D eigenvalue weighted by Crippen LogP contribution is -2.34. The van der Waals surface area contributed by atoms with E-state index in [0.717, 1.165) is 8.78 Å². The van der Waals surface area contributed by atoms with Gasteiger partial charge in [0.15, 0.2) is 0 Å². The Morgan fingerprint density at radius 2 is 1.71 bits per heavy atom. The minimum absolute atomic E-state index is 0.0671. The molecule has 0 amide bonds. The monoisotopic (exact) mass is 431 g/mol. The molecule has 0 aromatic heterocycles. The molecule has 0 bridgehead atoms. The van der Waals surface area contributed by atoms with Gasteiger partial charge in [0.1, 0.15) is 12.3 Å². The van der Waals surface area contributed by atoms with Gasteiger partial charge in [-0.3, -0.25) is 9.10 Å². The minimum Gasteiger partial charge on any atom is -0.494 e. The zero-order valence-electron chi connectivity index (χ0n) is 12.8. The number of halogens is 2. The number of benzene rings is 2. The first kappa shape index (κ1) is 18.8. The van der Waals surface area contributed by atoms with Gasteiger partial charge in [-0.25, -0.2) is 8.42 Å². The molecule has 0 unspecified atom stereocenters. The van der Waals surface area contributed by atoms with Crippen LogP contribution in [0, 0.1) is 0 Å². The van der Waals surface area contributed by atoms with E-state index in [1.165, 1.54) is 12.1 Å². The van der Waals surface area contributed by atoms with Crippen molar-refractivity contribution in [3.63, 3.8) is 0 Å². The fourth-order valence-corrected chi connectivity index (χ4v) is 3.91. The predicted molar refractivity (Wildman–Crippen MR) is 97.1 cm³/mol. The van der Waals surface area contributed by atoms with Crippen molar-refractivity contribution in [2.24, 2.45) is 0 Å². The summed E-state index contributed by atoms with van der Waals surface area (Å²) < 4.78 is 32.8. The van der Waals surface area contributed by atoms with Crippen molar-refractivity contribution in [2.75, 3.05) is 17.5 Å². The Balaban J connectivity index is 2.43. The molecule has 0 aliphatic carbocycles. The SMILES string of the molecule is CCOc1ccc(N(CC(=O)Cl)S(=O)(=O)c2ccc(Br)cc2)cc1. The van der Waals surface area contributed by atoms with E-state index in [9.17, 15) is 13.2 Å². The summed E-state index contributed by atoms with van der Waals surface area (Å²) in [6.45, 7) is 1.89. The molecule has 0 aliphatic rings. The number of hydrogen-bond donors (Lipinski definition) is 0. The maximum Gasteiger partial charge on any atom is 0.264 e. The van der Waals surface area contributed by atoms with Crippen LogP contribution < -0.4 is 9.04 Å². The molecule has 0 spiro atoms. The molecule has 2 aromatic rings. The Morgan fingerprint density at radius 3 is 2.21 bits per heavy atom. The molecule has 0 fully saturated rings. The summed E-state index contributed by atoms with van der Waals surface area (Å²) in [7, 11) is -3.92. The Morgan fingerprint density at radius 1 is 1.12 bits per heavy atom. The second-order valence-corrected chi connectivity index (χ2v) is 7.95. The van der Waals surface area contributed by atoms with Crippen LogP contribution in [0.1, 0.15) is 6.92 Å². The van der Waals surface area contributed by atoms with Crippen molar-refractivity contribution in [1.29, 1.82) is 0 Å². The summed E-state index contributed by atoms with van der Waals surface area (Å²) in [6, 6.07) is 12.6. The third-order valence-corrected chi connectivity index (χ3v) is 5.54. The Labute approximate surface area is 154 Å². The number of hydrogen-bond acceptors (Lipinski definition) is 4. The van der Waals surface area contributed by atoms with Gasteiger partial charge < -0.3 is 4.74 Å². The summed E-state index contributed by atoms with van der Waals surface area (Å²) in [6.07, 6.45) is 0. The predicted octanol–water partition coefficient (Wildman–Crippen LogP) is 3.81. The standard InChI is InChI=1S/C16H15BrClNO4S/c1-2-23-14-7-5-13(6-8-14)19(11-16(18)20)24(21,22)15-9-3-12(17)4-10-15/h3-10H,2,11H2,1H3. The Kier molecular flexibility index (Phi) is 6.26. The van der Waals surface area contributed by atoms with Crippen molar-refractivity contribution < 1.29 is 17.9 Å². The largest absolute Gasteiger partial charge is 0.494 e. The van der Waals surface area contributed by atoms with Crippen molar-refractivity contribution in [1.82, 2.24) is 0 Å². The van der Waals surface area contributed by atoms with E-state index in [4.69, 9.17) is 16.3 Å². The minimum atomic E-state index is -3.92. The Bertz CT molecular complexity index is 807. The fourth-order valence-electron chi connectivity index (χ4n) is 2.04. The topological polar surface area (TPSA) is 63.7 Å². The van der Waals surface area contributed by atoms with E-state index in [1.807, 2.05) is 6.92 Å². The van der Waals surface area contributed by atoms with Crippen LogP contribution in [0.25, 0.3) is 0 Å². The third kappa shape index (κ3) is 4.49. The molecule has 0 N–H and O–H groups in total. The summed E-state index contributed by atoms with van der Waals surface area (Å²) in [4.78, 5) is 11.4. The number of nitrogens with zero attached hydrogens (tertiary/aromatic N) is 1. The van der Waals surface area contributed by atoms with Gasteiger partial charge in [0, 0.05) is 4.47 Å². The van der Waals surface area contributed by atoms with Crippen molar-refractivity contribution in [2.45, 2.75) is 11.8 Å². The smallest absolute Gasteiger partial charge is 0.264 e. The summed E-state index contributed by atoms with van der Waals surface area (Å²) >= 11 is 8.70. The molecule has 128 valence electrons. The van der Waals surface area contributed by atoms with E-state index in [2.05, 4.69) is 15.9 Å². The van der Waals surface area contributed by atoms with E-state index < -0.39 is 21.8 Å². The van der Waals surface area contributed by atoms with E-state index in [0.29, 0.717) is 18.0 Å². The second kappa shape index (κ2) is 8.00. The first-order valence-corrected chi connectivity index (χ1v) is 9.65. The molecule has 0 saturated carbocycles. The molecule has 0 heterocycles. The van der Waals surface area contributed by atoms with Gasteiger partial charge in [-0.2, -0.15) is 0 Å². The van der Waals surface area contributed by atoms with Crippen LogP contribution >= 0.6 is 27.5 Å². The lowest BCUT2D eigenvalue weighted by molar-refractivity contribution is -0.110. The van der Waals surface area contributed by atoms with Gasteiger partial charge in [-0.1, -0.05) is 15.9 Å². The van der Waals surface area contributed by atoms with Crippen LogP contribution in [0.15, 0.2) is 57.9 Å². The van der Waals surface area contributed by atoms with Crippen LogP contribution in [0.4, 0.5) is 5.69 Å². The number of rotatable bonds is 7. The molecule has 2 rings (SSSR count). The highest BCUT2D eigenvalue weighted by Crippen LogP contribution is 2.26. The quantitative estimate of drug-likeness (QED) is 0.624. The number of ether oxygens (including phenoxy) is 1. The summed E-state index contributed by atoms with van der Waals surface area (Å²) in [5, 5.41) is -0.774. The molecule has 5 nitrogen and oxygen atoms in total. The van der Waals surface area contributed by atoms with Gasteiger partial charge in [0.05, 0.1) is 17.2 Å². The third-order valence-electron chi connectivity index (χ3n) is 3.11. The van der Waals surface area contributed by atoms with Gasteiger partial charge in [-0.05, 0) is 67.1 Å². The molecule has 0 radical (unpaired) electrons. The summed E-state index contributed by atoms with van der Waals surface area (Å²) in [5.41, 5.74) is 0.329. The van der Waals surface area contributed by atoms with Crippen molar-refractivity contribution >= 4 is 48.5 Å². The van der Waals surface area contributed by atoms with Crippen molar-refractivity contribution in [3.8, 4) is 5.75 Å². The van der Waals surface area contributed by atoms with Gasteiger partial charge in [-0.15, -0.1) is 0 Å². The molecule has 24 heavy (non-hydrogen) atoms. The van der Waals surface area contributed by atoms with Crippen LogP contribution in [0.5, 0.6) is 5.75 Å². The zero-order valence-corrected chi connectivity index (χ0v) is 15.9. The number of carbonyl (C=O) groups is 1. The highest BCUT2D eigenvalue weighted by atomic mass is 79.9. The molecule has 2 aromatic carbocycles. The highest BCUT2D eigenvalue weighted by molar-refractivity contribution is 9.10.